The second kappa shape index (κ2) is 9.23. The first-order chi connectivity index (χ1) is 9.10. The van der Waals surface area contributed by atoms with Gasteiger partial charge in [-0.15, -0.1) is 24.0 Å². The van der Waals surface area contributed by atoms with E-state index < -0.39 is 0 Å². The van der Waals surface area contributed by atoms with E-state index in [1.807, 2.05) is 0 Å². The number of likely N-dealkylation sites (N-methyl/N-ethyl adjacent to an activating group) is 1. The summed E-state index contributed by atoms with van der Waals surface area (Å²) in [4.78, 5) is 14.9. The molecule has 1 aromatic rings. The van der Waals surface area contributed by atoms with Gasteiger partial charge in [-0.1, -0.05) is 0 Å². The van der Waals surface area contributed by atoms with Crippen LogP contribution in [0.25, 0.3) is 0 Å². The Kier molecular flexibility index (Phi) is 8.45. The summed E-state index contributed by atoms with van der Waals surface area (Å²) in [5.41, 5.74) is 6.30. The van der Waals surface area contributed by atoms with Gasteiger partial charge in [0.15, 0.2) is 5.96 Å². The number of guanidine groups is 1. The number of anilines is 1. The fraction of sp³-hybridized carbons (Fsp3) is 0.333. The van der Waals surface area contributed by atoms with Crippen molar-refractivity contribution in [3.63, 3.8) is 0 Å². The minimum absolute atomic E-state index is 0. The van der Waals surface area contributed by atoms with Gasteiger partial charge in [0.1, 0.15) is 18.0 Å². The number of halogens is 1. The van der Waals surface area contributed by atoms with E-state index in [0.717, 1.165) is 0 Å². The molecule has 8 heteroatoms. The highest BCUT2D eigenvalue weighted by molar-refractivity contribution is 14.0. The summed E-state index contributed by atoms with van der Waals surface area (Å²) < 4.78 is 10.3. The number of ether oxygens (including phenoxy) is 2. The molecule has 0 saturated carbocycles. The van der Waals surface area contributed by atoms with Crippen molar-refractivity contribution in [2.75, 3.05) is 33.1 Å². The number of carbonyl (C=O) groups is 1. The van der Waals surface area contributed by atoms with Crippen LogP contribution in [0.2, 0.25) is 0 Å². The van der Waals surface area contributed by atoms with E-state index in [4.69, 9.17) is 15.2 Å². The lowest BCUT2D eigenvalue weighted by atomic mass is 10.2. The Bertz CT molecular complexity index is 480. The van der Waals surface area contributed by atoms with Gasteiger partial charge in [-0.2, -0.15) is 0 Å². The summed E-state index contributed by atoms with van der Waals surface area (Å²) in [6.45, 7) is -0.0401. The van der Waals surface area contributed by atoms with E-state index in [2.05, 4.69) is 15.6 Å². The maximum atomic E-state index is 11.0. The van der Waals surface area contributed by atoms with Crippen molar-refractivity contribution in [2.24, 2.45) is 10.7 Å². The average molecular weight is 394 g/mol. The molecule has 0 saturated heterocycles. The third-order valence-electron chi connectivity index (χ3n) is 2.34. The number of aliphatic imine (C=N–C) groups is 1. The number of nitrogens with zero attached hydrogens (tertiary/aromatic N) is 1. The molecule has 0 aliphatic heterocycles. The zero-order valence-electron chi connectivity index (χ0n) is 11.6. The van der Waals surface area contributed by atoms with Gasteiger partial charge in [0.2, 0.25) is 5.91 Å². The van der Waals surface area contributed by atoms with Gasteiger partial charge in [-0.3, -0.25) is 4.79 Å². The molecule has 1 amide bonds. The predicted molar refractivity (Wildman–Crippen MR) is 89.1 cm³/mol. The Morgan fingerprint density at radius 2 is 2.05 bits per heavy atom. The molecule has 0 fully saturated rings. The third kappa shape index (κ3) is 5.51. The summed E-state index contributed by atoms with van der Waals surface area (Å²) in [6.07, 6.45) is 0. The number of amides is 1. The number of nitrogens with two attached hydrogens (primary N) is 1. The van der Waals surface area contributed by atoms with E-state index in [0.29, 0.717) is 17.2 Å². The highest BCUT2D eigenvalue weighted by Crippen LogP contribution is 2.28. The average Bonchev–Trinajstić information content (AvgIpc) is 2.44. The molecule has 0 unspecified atom stereocenters. The highest BCUT2D eigenvalue weighted by Gasteiger charge is 2.06. The fourth-order valence-corrected chi connectivity index (χ4v) is 1.33. The Labute approximate surface area is 134 Å². The monoisotopic (exact) mass is 394 g/mol. The molecule has 4 N–H and O–H groups in total. The van der Waals surface area contributed by atoms with Crippen LogP contribution in [0, 0.1) is 0 Å². The standard InChI is InChI=1S/C12H18N4O3.HI/c1-14-11(17)7-15-12(13)16-9-6-8(18-2)4-5-10(9)19-3;/h4-6H,7H2,1-3H3,(H,14,17)(H3,13,15,16);1H. The van der Waals surface area contributed by atoms with Crippen molar-refractivity contribution in [2.45, 2.75) is 0 Å². The molecule has 1 rings (SSSR count). The molecule has 0 aliphatic rings. The molecular weight excluding hydrogens is 375 g/mol. The molecule has 1 aromatic carbocycles. The highest BCUT2D eigenvalue weighted by atomic mass is 127. The summed E-state index contributed by atoms with van der Waals surface area (Å²) in [5, 5.41) is 5.31. The number of carbonyl (C=O) groups excluding carboxylic acids is 1. The molecule has 0 radical (unpaired) electrons. The van der Waals surface area contributed by atoms with E-state index in [9.17, 15) is 4.79 Å². The zero-order valence-corrected chi connectivity index (χ0v) is 13.9. The van der Waals surface area contributed by atoms with E-state index >= 15 is 0 Å². The number of rotatable bonds is 5. The molecule has 0 aromatic heterocycles. The first-order valence-corrected chi connectivity index (χ1v) is 5.60. The summed E-state index contributed by atoms with van der Waals surface area (Å²) in [6, 6.07) is 5.23. The molecule has 0 aliphatic carbocycles. The molecule has 0 spiro atoms. The van der Waals surface area contributed by atoms with E-state index in [1.54, 1.807) is 32.4 Å². The van der Waals surface area contributed by atoms with Gasteiger partial charge in [-0.25, -0.2) is 4.99 Å². The van der Waals surface area contributed by atoms with Crippen molar-refractivity contribution in [1.29, 1.82) is 0 Å². The van der Waals surface area contributed by atoms with Crippen LogP contribution in [0.5, 0.6) is 11.5 Å². The van der Waals surface area contributed by atoms with Gasteiger partial charge < -0.3 is 25.8 Å². The van der Waals surface area contributed by atoms with Crippen LogP contribution in [0.15, 0.2) is 23.2 Å². The van der Waals surface area contributed by atoms with Gasteiger partial charge in [0.25, 0.3) is 0 Å². The van der Waals surface area contributed by atoms with Crippen LogP contribution in [-0.4, -0.2) is 39.7 Å². The third-order valence-corrected chi connectivity index (χ3v) is 2.34. The fourth-order valence-electron chi connectivity index (χ4n) is 1.33. The number of methoxy groups -OCH3 is 2. The lowest BCUT2D eigenvalue weighted by molar-refractivity contribution is -0.119. The summed E-state index contributed by atoms with van der Waals surface area (Å²) in [7, 11) is 4.64. The van der Waals surface area contributed by atoms with Crippen molar-refractivity contribution < 1.29 is 14.3 Å². The largest absolute Gasteiger partial charge is 0.497 e. The van der Waals surface area contributed by atoms with E-state index in [-0.39, 0.29) is 42.4 Å². The topological polar surface area (TPSA) is 98.0 Å². The first-order valence-electron chi connectivity index (χ1n) is 5.60. The van der Waals surface area contributed by atoms with Crippen molar-refractivity contribution >= 4 is 41.5 Å². The summed E-state index contributed by atoms with van der Waals surface area (Å²) in [5.74, 6) is 1.15. The van der Waals surface area contributed by atoms with Crippen molar-refractivity contribution in [3.05, 3.63) is 18.2 Å². The number of benzene rings is 1. The number of nitrogens with one attached hydrogen (secondary N) is 2. The van der Waals surface area contributed by atoms with Gasteiger partial charge in [0.05, 0.1) is 19.9 Å². The molecule has 0 heterocycles. The smallest absolute Gasteiger partial charge is 0.241 e. The normalized spacial score (nSPS) is 10.2. The minimum atomic E-state index is -0.220. The maximum Gasteiger partial charge on any atom is 0.241 e. The van der Waals surface area contributed by atoms with Crippen LogP contribution in [0.4, 0.5) is 5.69 Å². The summed E-state index contributed by atoms with van der Waals surface area (Å²) >= 11 is 0. The Hall–Kier alpha value is -1.71. The van der Waals surface area contributed by atoms with Gasteiger partial charge in [-0.05, 0) is 12.1 Å². The quantitative estimate of drug-likeness (QED) is 0.390. The molecule has 7 nitrogen and oxygen atoms in total. The van der Waals surface area contributed by atoms with Gasteiger partial charge >= 0.3 is 0 Å². The van der Waals surface area contributed by atoms with Crippen LogP contribution >= 0.6 is 24.0 Å². The van der Waals surface area contributed by atoms with Crippen molar-refractivity contribution in [3.8, 4) is 11.5 Å². The number of hydrogen-bond donors (Lipinski definition) is 3. The maximum absolute atomic E-state index is 11.0. The lowest BCUT2D eigenvalue weighted by Gasteiger charge is -2.12. The SMILES string of the molecule is CNC(=O)CN=C(N)Nc1cc(OC)ccc1OC.I. The lowest BCUT2D eigenvalue weighted by Crippen LogP contribution is -2.27. The number of hydrogen-bond acceptors (Lipinski definition) is 4. The minimum Gasteiger partial charge on any atom is -0.497 e. The predicted octanol–water partition coefficient (Wildman–Crippen LogP) is 0.794. The Morgan fingerprint density at radius 1 is 1.35 bits per heavy atom. The zero-order chi connectivity index (χ0) is 14.3. The van der Waals surface area contributed by atoms with Crippen LogP contribution in [0.1, 0.15) is 0 Å². The second-order valence-corrected chi connectivity index (χ2v) is 3.57. The Morgan fingerprint density at radius 3 is 2.60 bits per heavy atom. The second-order valence-electron chi connectivity index (χ2n) is 3.57. The molecule has 0 atom stereocenters. The van der Waals surface area contributed by atoms with Crippen LogP contribution in [0.3, 0.4) is 0 Å². The van der Waals surface area contributed by atoms with Gasteiger partial charge in [0, 0.05) is 13.1 Å². The molecule has 0 bridgehead atoms. The Balaban J connectivity index is 0.00000361. The van der Waals surface area contributed by atoms with Crippen LogP contribution in [-0.2, 0) is 4.79 Å². The van der Waals surface area contributed by atoms with Crippen molar-refractivity contribution in [1.82, 2.24) is 5.32 Å². The molecular formula is C12H19IN4O3. The molecule has 112 valence electrons. The first kappa shape index (κ1) is 18.3. The van der Waals surface area contributed by atoms with E-state index in [1.165, 1.54) is 7.05 Å². The van der Waals surface area contributed by atoms with Crippen LogP contribution < -0.4 is 25.8 Å². The molecule has 20 heavy (non-hydrogen) atoms.